The van der Waals surface area contributed by atoms with Crippen molar-refractivity contribution in [3.63, 3.8) is 0 Å². The Morgan fingerprint density at radius 2 is 0.936 bits per heavy atom. The topological polar surface area (TPSA) is 13.1 Å². The van der Waals surface area contributed by atoms with Crippen LogP contribution in [0.15, 0.2) is 174 Å². The van der Waals surface area contributed by atoms with Crippen LogP contribution >= 0.6 is 0 Å². The zero-order valence-corrected chi connectivity index (χ0v) is 25.0. The molecule has 0 atom stereocenters. The molecule has 0 aliphatic carbocycles. The van der Waals surface area contributed by atoms with E-state index < -0.39 is 24.2 Å². The van der Waals surface area contributed by atoms with Gasteiger partial charge in [-0.15, -0.1) is 0 Å². The summed E-state index contributed by atoms with van der Waals surface area (Å²) in [6.07, 6.45) is 0. The minimum atomic E-state index is -0.438. The zero-order valence-electron chi connectivity index (χ0n) is 33.0. The fourth-order valence-corrected chi connectivity index (χ4v) is 7.20. The van der Waals surface area contributed by atoms with E-state index in [2.05, 4.69) is 18.2 Å². The number of hydrogen-bond acceptors (Lipinski definition) is 1. The predicted octanol–water partition coefficient (Wildman–Crippen LogP) is 13.2. The van der Waals surface area contributed by atoms with E-state index in [1.54, 1.807) is 6.07 Å². The van der Waals surface area contributed by atoms with E-state index in [0.717, 1.165) is 43.4 Å². The first-order valence-corrected chi connectivity index (χ1v) is 15.5. The molecule has 0 fully saturated rings. The third-order valence-corrected chi connectivity index (χ3v) is 9.30. The van der Waals surface area contributed by atoms with Crippen molar-refractivity contribution >= 4 is 65.0 Å². The van der Waals surface area contributed by atoms with Gasteiger partial charge in [-0.05, 0) is 94.7 Å². The van der Waals surface area contributed by atoms with Gasteiger partial charge < -0.3 is 4.42 Å². The van der Waals surface area contributed by atoms with Gasteiger partial charge in [-0.2, -0.15) is 0 Å². The Labute approximate surface area is 283 Å². The second-order valence-electron chi connectivity index (χ2n) is 11.8. The molecule has 0 bridgehead atoms. The summed E-state index contributed by atoms with van der Waals surface area (Å²) in [6, 6.07) is 36.4. The molecule has 0 radical (unpaired) electrons. The third-order valence-electron chi connectivity index (χ3n) is 9.30. The van der Waals surface area contributed by atoms with Gasteiger partial charge in [-0.3, -0.25) is 0 Å². The monoisotopic (exact) mass is 604 g/mol. The lowest BCUT2D eigenvalue weighted by atomic mass is 9.85. The molecule has 0 saturated carbocycles. The highest BCUT2D eigenvalue weighted by Gasteiger charge is 2.18. The molecule has 47 heavy (non-hydrogen) atoms. The SMILES string of the molecule is [2H]c1c([2H])c([2H])c2c(-c3ccc4c(c3)oc3ccc5ccccc5c34)c3c([2H])c([2H])c([2H])c([2H])c3c(-c3ccc(-c4cccc5ccccc45)cc3)c2c1[2H]. The average molecular weight is 605 g/mol. The molecule has 0 unspecified atom stereocenters. The summed E-state index contributed by atoms with van der Waals surface area (Å²) in [5, 5.41) is 6.74. The fourth-order valence-electron chi connectivity index (χ4n) is 7.20. The van der Waals surface area contributed by atoms with Gasteiger partial charge in [0.25, 0.3) is 0 Å². The Hall–Kier alpha value is -6.18. The molecule has 0 N–H and O–H groups in total. The molecule has 10 aromatic rings. The second-order valence-corrected chi connectivity index (χ2v) is 11.8. The summed E-state index contributed by atoms with van der Waals surface area (Å²) in [6.45, 7) is 0. The number of hydrogen-bond donors (Lipinski definition) is 0. The average Bonchev–Trinajstić information content (AvgIpc) is 3.61. The first-order valence-electron chi connectivity index (χ1n) is 19.5. The summed E-state index contributed by atoms with van der Waals surface area (Å²) in [5.74, 6) is 0. The normalized spacial score (nSPS) is 14.2. The van der Waals surface area contributed by atoms with Crippen molar-refractivity contribution < 1.29 is 15.4 Å². The Balaban J connectivity index is 1.32. The molecular weight excluding hydrogens is 569 g/mol. The van der Waals surface area contributed by atoms with Gasteiger partial charge in [-0.1, -0.05) is 151 Å². The standard InChI is InChI=1S/C46H28O/c1-3-13-34-29(10-1)12-9-19-35(34)31-20-22-32(23-21-31)44-37-15-5-7-17-39(37)45(40-18-8-6-16-38(40)44)33-24-26-41-43(28-33)47-42-27-25-30-11-2-4-14-36(30)46(41)42/h1-28H/i5D,6D,7D,8D,15D,16D,17D,18D. The van der Waals surface area contributed by atoms with Gasteiger partial charge in [-0.25, -0.2) is 0 Å². The van der Waals surface area contributed by atoms with Crippen LogP contribution in [0, 0.1) is 0 Å². The van der Waals surface area contributed by atoms with Crippen LogP contribution in [0.1, 0.15) is 11.0 Å². The second kappa shape index (κ2) is 10.2. The lowest BCUT2D eigenvalue weighted by Crippen LogP contribution is -1.91. The van der Waals surface area contributed by atoms with Crippen LogP contribution in [0.4, 0.5) is 0 Å². The molecular formula is C46H28O. The maximum atomic E-state index is 9.33. The van der Waals surface area contributed by atoms with Crippen molar-refractivity contribution in [1.82, 2.24) is 0 Å². The van der Waals surface area contributed by atoms with Crippen LogP contribution in [-0.2, 0) is 0 Å². The van der Waals surface area contributed by atoms with Gasteiger partial charge in [0.1, 0.15) is 11.2 Å². The first kappa shape index (κ1) is 19.4. The Kier molecular flexibility index (Phi) is 4.19. The molecule has 0 aliphatic heterocycles. The van der Waals surface area contributed by atoms with E-state index in [0.29, 0.717) is 27.9 Å². The van der Waals surface area contributed by atoms with Crippen molar-refractivity contribution in [2.24, 2.45) is 0 Å². The predicted molar refractivity (Wildman–Crippen MR) is 200 cm³/mol. The van der Waals surface area contributed by atoms with E-state index in [-0.39, 0.29) is 51.3 Å². The maximum absolute atomic E-state index is 9.33. The smallest absolute Gasteiger partial charge is 0.136 e. The van der Waals surface area contributed by atoms with Crippen molar-refractivity contribution in [3.8, 4) is 33.4 Å². The highest BCUT2D eigenvalue weighted by Crippen LogP contribution is 2.45. The molecule has 1 heteroatoms. The molecule has 1 aromatic heterocycles. The van der Waals surface area contributed by atoms with Crippen molar-refractivity contribution in [2.45, 2.75) is 0 Å². The van der Waals surface area contributed by atoms with E-state index in [1.807, 2.05) is 97.1 Å². The number of fused-ring (bicyclic) bond motifs is 8. The van der Waals surface area contributed by atoms with Crippen LogP contribution in [0.5, 0.6) is 0 Å². The molecule has 1 heterocycles. The van der Waals surface area contributed by atoms with Crippen molar-refractivity contribution in [3.05, 3.63) is 170 Å². The minimum Gasteiger partial charge on any atom is -0.456 e. The van der Waals surface area contributed by atoms with Crippen LogP contribution in [-0.4, -0.2) is 0 Å². The molecule has 218 valence electrons. The lowest BCUT2D eigenvalue weighted by Gasteiger charge is -2.18. The van der Waals surface area contributed by atoms with Crippen molar-refractivity contribution in [2.75, 3.05) is 0 Å². The maximum Gasteiger partial charge on any atom is 0.136 e. The van der Waals surface area contributed by atoms with Crippen LogP contribution in [0.25, 0.3) is 98.4 Å². The van der Waals surface area contributed by atoms with Crippen LogP contribution < -0.4 is 0 Å². The fraction of sp³-hybridized carbons (Fsp3) is 0. The van der Waals surface area contributed by atoms with Gasteiger partial charge in [0.15, 0.2) is 0 Å². The summed E-state index contributed by atoms with van der Waals surface area (Å²) >= 11 is 0. The van der Waals surface area contributed by atoms with E-state index in [1.165, 1.54) is 0 Å². The molecule has 0 amide bonds. The minimum absolute atomic E-state index is 0.164. The number of furan rings is 1. The van der Waals surface area contributed by atoms with Gasteiger partial charge in [0.2, 0.25) is 0 Å². The van der Waals surface area contributed by atoms with E-state index in [4.69, 9.17) is 9.90 Å². The van der Waals surface area contributed by atoms with Crippen LogP contribution in [0.2, 0.25) is 0 Å². The summed E-state index contributed by atoms with van der Waals surface area (Å²) < 4.78 is 78.8. The third kappa shape index (κ3) is 3.97. The lowest BCUT2D eigenvalue weighted by molar-refractivity contribution is 0.669. The Bertz CT molecular complexity index is 3210. The van der Waals surface area contributed by atoms with Crippen LogP contribution in [0.3, 0.4) is 0 Å². The largest absolute Gasteiger partial charge is 0.456 e. The molecule has 0 spiro atoms. The number of rotatable bonds is 3. The van der Waals surface area contributed by atoms with E-state index >= 15 is 0 Å². The molecule has 9 aromatic carbocycles. The molecule has 0 saturated heterocycles. The van der Waals surface area contributed by atoms with Gasteiger partial charge >= 0.3 is 0 Å². The quantitative estimate of drug-likeness (QED) is 0.183. The highest BCUT2D eigenvalue weighted by molar-refractivity contribution is 6.23. The molecule has 10 rings (SSSR count). The highest BCUT2D eigenvalue weighted by atomic mass is 16.3. The first-order chi connectivity index (χ1) is 26.6. The summed E-state index contributed by atoms with van der Waals surface area (Å²) in [4.78, 5) is 0. The van der Waals surface area contributed by atoms with Gasteiger partial charge in [0.05, 0.1) is 11.0 Å². The van der Waals surface area contributed by atoms with Crippen molar-refractivity contribution in [1.29, 1.82) is 0 Å². The number of benzene rings is 9. The summed E-state index contributed by atoms with van der Waals surface area (Å²) in [7, 11) is 0. The molecule has 1 nitrogen and oxygen atoms in total. The zero-order chi connectivity index (χ0) is 37.9. The Morgan fingerprint density at radius 1 is 0.383 bits per heavy atom. The van der Waals surface area contributed by atoms with Gasteiger partial charge in [0, 0.05) is 10.8 Å². The summed E-state index contributed by atoms with van der Waals surface area (Å²) in [5.41, 5.74) is 4.83. The molecule has 0 aliphatic rings. The Morgan fingerprint density at radius 3 is 1.64 bits per heavy atom. The van der Waals surface area contributed by atoms with E-state index in [9.17, 15) is 5.48 Å².